The molecule has 1 aromatic heterocycles. The molecule has 4 rings (SSSR count). The van der Waals surface area contributed by atoms with Crippen LogP contribution < -0.4 is 5.43 Å². The summed E-state index contributed by atoms with van der Waals surface area (Å²) in [4.78, 5) is 41.4. The normalized spacial score (nSPS) is 19.5. The number of aliphatic carboxylic acids is 1. The third-order valence-corrected chi connectivity index (χ3v) is 5.34. The summed E-state index contributed by atoms with van der Waals surface area (Å²) in [6, 6.07) is 5.63. The Kier molecular flexibility index (Phi) is 3.95. The van der Waals surface area contributed by atoms with Gasteiger partial charge in [0.25, 0.3) is 5.91 Å². The number of H-pyrrole nitrogens is 1. The van der Waals surface area contributed by atoms with E-state index in [1.165, 1.54) is 17.0 Å². The number of fused-ring (bicyclic) bond motifs is 2. The number of halogens is 2. The second-order valence-electron chi connectivity index (χ2n) is 7.36. The minimum atomic E-state index is -1.07. The lowest BCUT2D eigenvalue weighted by molar-refractivity contribution is -0.147. The van der Waals surface area contributed by atoms with Crippen molar-refractivity contribution in [1.82, 2.24) is 9.88 Å². The van der Waals surface area contributed by atoms with Crippen molar-refractivity contribution in [2.45, 2.75) is 13.3 Å². The van der Waals surface area contributed by atoms with Gasteiger partial charge in [-0.1, -0.05) is 0 Å². The van der Waals surface area contributed by atoms with Gasteiger partial charge in [-0.15, -0.1) is 0 Å². The SMILES string of the molecule is CC1(C(=O)O)CCN(C(=O)c2cc(F)cc3c(=O)c4cc(F)ccc4[nH]c23)C1. The molecule has 1 atom stereocenters. The zero-order valence-corrected chi connectivity index (χ0v) is 14.9. The topological polar surface area (TPSA) is 90.5 Å². The highest BCUT2D eigenvalue weighted by Gasteiger charge is 2.42. The number of rotatable bonds is 2. The zero-order valence-electron chi connectivity index (χ0n) is 14.9. The number of nitrogens with one attached hydrogen (secondary N) is 1. The highest BCUT2D eigenvalue weighted by Crippen LogP contribution is 2.32. The molecule has 0 radical (unpaired) electrons. The lowest BCUT2D eigenvalue weighted by atomic mass is 9.90. The van der Waals surface area contributed by atoms with E-state index in [2.05, 4.69) is 4.98 Å². The maximum atomic E-state index is 14.2. The number of carbonyl (C=O) groups excluding carboxylic acids is 1. The number of carboxylic acids is 1. The number of likely N-dealkylation sites (tertiary alicyclic amines) is 1. The summed E-state index contributed by atoms with van der Waals surface area (Å²) in [5.41, 5.74) is -1.27. The molecule has 0 saturated carbocycles. The van der Waals surface area contributed by atoms with Crippen LogP contribution in [-0.4, -0.2) is 40.0 Å². The van der Waals surface area contributed by atoms with Crippen molar-refractivity contribution >= 4 is 33.7 Å². The number of aromatic nitrogens is 1. The molecule has 3 aromatic rings. The first-order chi connectivity index (χ1) is 13.2. The van der Waals surface area contributed by atoms with E-state index >= 15 is 0 Å². The number of benzene rings is 2. The van der Waals surface area contributed by atoms with Gasteiger partial charge in [-0.05, 0) is 43.7 Å². The summed E-state index contributed by atoms with van der Waals surface area (Å²) in [6.07, 6.45) is 0.278. The number of hydrogen-bond donors (Lipinski definition) is 2. The van der Waals surface area contributed by atoms with E-state index in [0.29, 0.717) is 5.52 Å². The van der Waals surface area contributed by atoms with Gasteiger partial charge in [0.05, 0.1) is 16.5 Å². The fourth-order valence-electron chi connectivity index (χ4n) is 3.66. The zero-order chi connectivity index (χ0) is 20.2. The third kappa shape index (κ3) is 2.72. The highest BCUT2D eigenvalue weighted by atomic mass is 19.1. The summed E-state index contributed by atoms with van der Waals surface area (Å²) < 4.78 is 27.7. The molecule has 144 valence electrons. The Morgan fingerprint density at radius 3 is 2.54 bits per heavy atom. The van der Waals surface area contributed by atoms with Crippen LogP contribution in [0.1, 0.15) is 23.7 Å². The van der Waals surface area contributed by atoms with Crippen LogP contribution >= 0.6 is 0 Å². The maximum Gasteiger partial charge on any atom is 0.311 e. The second-order valence-corrected chi connectivity index (χ2v) is 7.36. The summed E-state index contributed by atoms with van der Waals surface area (Å²) >= 11 is 0. The number of nitrogens with zero attached hydrogens (tertiary/aromatic N) is 1. The van der Waals surface area contributed by atoms with E-state index in [4.69, 9.17) is 0 Å². The fourth-order valence-corrected chi connectivity index (χ4v) is 3.66. The average molecular weight is 386 g/mol. The Bertz CT molecular complexity index is 1220. The molecule has 1 unspecified atom stereocenters. The molecule has 2 heterocycles. The molecular formula is C20H16F2N2O4. The van der Waals surface area contributed by atoms with E-state index in [-0.39, 0.29) is 41.4 Å². The number of carbonyl (C=O) groups is 2. The fraction of sp³-hybridized carbons (Fsp3) is 0.250. The van der Waals surface area contributed by atoms with Gasteiger partial charge in [-0.3, -0.25) is 14.4 Å². The molecule has 1 aliphatic rings. The standard InChI is InChI=1S/C20H16F2N2O4/c1-20(19(27)28)4-5-24(9-20)18(26)14-8-11(22)7-13-16(14)23-15-3-2-10(21)6-12(15)17(13)25/h2-3,6-8H,4-5,9H2,1H3,(H,23,25)(H,27,28). The monoisotopic (exact) mass is 386 g/mol. The van der Waals surface area contributed by atoms with Crippen molar-refractivity contribution in [3.63, 3.8) is 0 Å². The quantitative estimate of drug-likeness (QED) is 0.663. The number of hydrogen-bond acceptors (Lipinski definition) is 3. The van der Waals surface area contributed by atoms with E-state index in [0.717, 1.165) is 18.2 Å². The minimum Gasteiger partial charge on any atom is -0.481 e. The number of pyridine rings is 1. The molecule has 1 aliphatic heterocycles. The van der Waals surface area contributed by atoms with Crippen molar-refractivity contribution in [3.8, 4) is 0 Å². The predicted molar refractivity (Wildman–Crippen MR) is 98.3 cm³/mol. The van der Waals surface area contributed by atoms with Crippen LogP contribution in [0.4, 0.5) is 8.78 Å². The lowest BCUT2D eigenvalue weighted by Gasteiger charge is -2.21. The molecule has 8 heteroatoms. The molecule has 28 heavy (non-hydrogen) atoms. The average Bonchev–Trinajstić information content (AvgIpc) is 3.06. The number of amides is 1. The lowest BCUT2D eigenvalue weighted by Crippen LogP contribution is -2.35. The van der Waals surface area contributed by atoms with Gasteiger partial charge in [0.1, 0.15) is 11.6 Å². The Balaban J connectivity index is 1.89. The summed E-state index contributed by atoms with van der Waals surface area (Å²) in [5, 5.41) is 9.34. The van der Waals surface area contributed by atoms with E-state index in [9.17, 15) is 28.3 Å². The van der Waals surface area contributed by atoms with Crippen LogP contribution in [0, 0.1) is 17.0 Å². The molecule has 2 N–H and O–H groups in total. The van der Waals surface area contributed by atoms with Crippen LogP contribution in [0.2, 0.25) is 0 Å². The van der Waals surface area contributed by atoms with Gasteiger partial charge in [0.2, 0.25) is 0 Å². The molecule has 2 aromatic carbocycles. The second kappa shape index (κ2) is 6.12. The maximum absolute atomic E-state index is 14.2. The number of carboxylic acid groups (broad SMARTS) is 1. The summed E-state index contributed by atoms with van der Waals surface area (Å²) in [7, 11) is 0. The Labute approximate surface area is 157 Å². The van der Waals surface area contributed by atoms with Crippen molar-refractivity contribution in [2.75, 3.05) is 13.1 Å². The van der Waals surface area contributed by atoms with Gasteiger partial charge in [0.15, 0.2) is 5.43 Å². The first-order valence-electron chi connectivity index (χ1n) is 8.67. The summed E-state index contributed by atoms with van der Waals surface area (Å²) in [6.45, 7) is 1.75. The van der Waals surface area contributed by atoms with Crippen molar-refractivity contribution < 1.29 is 23.5 Å². The predicted octanol–water partition coefficient (Wildman–Crippen LogP) is 2.90. The Hall–Kier alpha value is -3.29. The number of aromatic amines is 1. The van der Waals surface area contributed by atoms with Crippen LogP contribution in [0.5, 0.6) is 0 Å². The minimum absolute atomic E-state index is 0.0117. The van der Waals surface area contributed by atoms with Gasteiger partial charge < -0.3 is 15.0 Å². The van der Waals surface area contributed by atoms with Crippen LogP contribution in [0.15, 0.2) is 35.1 Å². The molecule has 1 amide bonds. The van der Waals surface area contributed by atoms with Crippen molar-refractivity contribution in [3.05, 3.63) is 57.8 Å². The van der Waals surface area contributed by atoms with Gasteiger partial charge in [0, 0.05) is 29.4 Å². The van der Waals surface area contributed by atoms with Crippen molar-refractivity contribution in [2.24, 2.45) is 5.41 Å². The molecular weight excluding hydrogens is 370 g/mol. The van der Waals surface area contributed by atoms with E-state index < -0.39 is 34.4 Å². The smallest absolute Gasteiger partial charge is 0.311 e. The first kappa shape index (κ1) is 18.1. The Morgan fingerprint density at radius 2 is 1.86 bits per heavy atom. The van der Waals surface area contributed by atoms with Crippen LogP contribution in [0.3, 0.4) is 0 Å². The first-order valence-corrected chi connectivity index (χ1v) is 8.67. The molecule has 0 bridgehead atoms. The molecule has 0 aliphatic carbocycles. The van der Waals surface area contributed by atoms with Crippen molar-refractivity contribution in [1.29, 1.82) is 0 Å². The van der Waals surface area contributed by atoms with E-state index in [1.807, 2.05) is 0 Å². The molecule has 1 fully saturated rings. The van der Waals surface area contributed by atoms with E-state index in [1.54, 1.807) is 6.92 Å². The molecule has 1 saturated heterocycles. The Morgan fingerprint density at radius 1 is 1.14 bits per heavy atom. The van der Waals surface area contributed by atoms with Gasteiger partial charge >= 0.3 is 5.97 Å². The van der Waals surface area contributed by atoms with Gasteiger partial charge in [-0.2, -0.15) is 0 Å². The van der Waals surface area contributed by atoms with Gasteiger partial charge in [-0.25, -0.2) is 8.78 Å². The van der Waals surface area contributed by atoms with Crippen LogP contribution in [-0.2, 0) is 4.79 Å². The summed E-state index contributed by atoms with van der Waals surface area (Å²) in [5.74, 6) is -2.95. The van der Waals surface area contributed by atoms with Crippen LogP contribution in [0.25, 0.3) is 21.8 Å². The molecule has 0 spiro atoms. The largest absolute Gasteiger partial charge is 0.481 e. The third-order valence-electron chi connectivity index (χ3n) is 5.34. The molecule has 6 nitrogen and oxygen atoms in total. The highest BCUT2D eigenvalue weighted by molar-refractivity contribution is 6.08.